The van der Waals surface area contributed by atoms with E-state index < -0.39 is 5.91 Å². The number of carbonyl (C=O) groups excluding carboxylic acids is 1. The number of nitrogen functional groups attached to an aromatic ring is 1. The largest absolute Gasteiger partial charge is 0.487 e. The van der Waals surface area contributed by atoms with Crippen LogP contribution in [0.25, 0.3) is 0 Å². The molecule has 110 valence electrons. The van der Waals surface area contributed by atoms with E-state index >= 15 is 0 Å². The third-order valence-corrected chi connectivity index (χ3v) is 3.19. The van der Waals surface area contributed by atoms with Crippen molar-refractivity contribution < 1.29 is 9.53 Å². The van der Waals surface area contributed by atoms with E-state index in [1.54, 1.807) is 6.92 Å². The van der Waals surface area contributed by atoms with Crippen LogP contribution < -0.4 is 16.2 Å². The number of aromatic nitrogens is 2. The van der Waals surface area contributed by atoms with Gasteiger partial charge in [-0.05, 0) is 31.9 Å². The highest BCUT2D eigenvalue weighted by Gasteiger charge is 2.16. The molecule has 1 aromatic carbocycles. The van der Waals surface area contributed by atoms with Gasteiger partial charge in [-0.3, -0.25) is 4.79 Å². The Morgan fingerprint density at radius 3 is 2.38 bits per heavy atom. The average molecular weight is 286 g/mol. The number of hydrogen-bond acceptors (Lipinski definition) is 5. The summed E-state index contributed by atoms with van der Waals surface area (Å²) < 4.78 is 5.80. The van der Waals surface area contributed by atoms with Gasteiger partial charge >= 0.3 is 0 Å². The lowest BCUT2D eigenvalue weighted by Crippen LogP contribution is -2.20. The van der Waals surface area contributed by atoms with Crippen LogP contribution in [-0.4, -0.2) is 15.9 Å². The smallest absolute Gasteiger partial charge is 0.252 e. The Balaban J connectivity index is 2.34. The molecule has 6 heteroatoms. The number of para-hydroxylation sites is 1. The monoisotopic (exact) mass is 286 g/mol. The first kappa shape index (κ1) is 14.8. The van der Waals surface area contributed by atoms with Gasteiger partial charge in [-0.15, -0.1) is 0 Å². The first-order valence-electron chi connectivity index (χ1n) is 6.52. The number of primary amides is 1. The molecule has 0 unspecified atom stereocenters. The third kappa shape index (κ3) is 3.10. The van der Waals surface area contributed by atoms with Gasteiger partial charge < -0.3 is 16.2 Å². The fourth-order valence-corrected chi connectivity index (χ4v) is 2.25. The van der Waals surface area contributed by atoms with Crippen LogP contribution >= 0.6 is 0 Å². The highest BCUT2D eigenvalue weighted by Crippen LogP contribution is 2.24. The fraction of sp³-hybridized carbons (Fsp3) is 0.267. The molecule has 1 amide bonds. The first-order valence-corrected chi connectivity index (χ1v) is 6.52. The summed E-state index contributed by atoms with van der Waals surface area (Å²) in [6.45, 7) is 5.69. The first-order chi connectivity index (χ1) is 9.90. The molecule has 0 radical (unpaired) electrons. The van der Waals surface area contributed by atoms with Crippen molar-refractivity contribution in [3.05, 3.63) is 46.3 Å². The third-order valence-electron chi connectivity index (χ3n) is 3.19. The molecule has 0 saturated carbocycles. The molecule has 21 heavy (non-hydrogen) atoms. The second kappa shape index (κ2) is 5.78. The maximum Gasteiger partial charge on any atom is 0.252 e. The minimum absolute atomic E-state index is 0.0950. The number of nitrogens with zero attached hydrogens (tertiary/aromatic N) is 2. The highest BCUT2D eigenvalue weighted by atomic mass is 16.5. The molecule has 0 aliphatic rings. The number of hydrogen-bond donors (Lipinski definition) is 2. The number of nitrogens with two attached hydrogens (primary N) is 2. The zero-order valence-corrected chi connectivity index (χ0v) is 12.3. The van der Waals surface area contributed by atoms with E-state index in [0.29, 0.717) is 11.4 Å². The summed E-state index contributed by atoms with van der Waals surface area (Å²) in [4.78, 5) is 19.6. The molecular weight excluding hydrogens is 268 g/mol. The number of rotatable bonds is 4. The molecule has 0 bridgehead atoms. The van der Waals surface area contributed by atoms with Crippen molar-refractivity contribution in [2.24, 2.45) is 5.73 Å². The normalized spacial score (nSPS) is 10.4. The van der Waals surface area contributed by atoms with Crippen LogP contribution in [0.15, 0.2) is 18.2 Å². The molecule has 0 spiro atoms. The summed E-state index contributed by atoms with van der Waals surface area (Å²) in [7, 11) is 0. The topological polar surface area (TPSA) is 104 Å². The molecule has 0 aliphatic carbocycles. The van der Waals surface area contributed by atoms with E-state index in [9.17, 15) is 4.79 Å². The molecule has 2 aromatic rings. The van der Waals surface area contributed by atoms with Gasteiger partial charge in [0.15, 0.2) is 0 Å². The molecule has 1 aromatic heterocycles. The van der Waals surface area contributed by atoms with Gasteiger partial charge in [-0.2, -0.15) is 0 Å². The minimum Gasteiger partial charge on any atom is -0.487 e. The van der Waals surface area contributed by atoms with Crippen LogP contribution in [0.4, 0.5) is 5.95 Å². The molecular formula is C15H18N4O2. The van der Waals surface area contributed by atoms with Crippen molar-refractivity contribution in [3.8, 4) is 5.75 Å². The van der Waals surface area contributed by atoms with E-state index in [1.807, 2.05) is 32.0 Å². The minimum atomic E-state index is -0.590. The zero-order valence-electron chi connectivity index (χ0n) is 12.3. The lowest BCUT2D eigenvalue weighted by atomic mass is 10.1. The number of carbonyl (C=O) groups is 1. The number of aryl methyl sites for hydroxylation is 3. The molecule has 0 fully saturated rings. The van der Waals surface area contributed by atoms with Crippen molar-refractivity contribution in [2.75, 3.05) is 5.73 Å². The lowest BCUT2D eigenvalue weighted by Gasteiger charge is -2.14. The van der Waals surface area contributed by atoms with Crippen molar-refractivity contribution in [1.82, 2.24) is 9.97 Å². The Labute approximate surface area is 123 Å². The highest BCUT2D eigenvalue weighted by molar-refractivity contribution is 5.95. The molecule has 0 atom stereocenters. The standard InChI is InChI=1S/C15H18N4O2/c1-8-5-4-6-9(2)13(8)21-7-11-12(14(16)20)10(3)18-15(17)19-11/h4-6H,7H2,1-3H3,(H2,16,20)(H2,17,18,19). The van der Waals surface area contributed by atoms with E-state index in [0.717, 1.165) is 16.9 Å². The van der Waals surface area contributed by atoms with Crippen LogP contribution in [0.1, 0.15) is 32.9 Å². The SMILES string of the molecule is Cc1cccc(C)c1OCc1nc(N)nc(C)c1C(N)=O. The lowest BCUT2D eigenvalue weighted by molar-refractivity contribution is 0.0996. The van der Waals surface area contributed by atoms with Crippen LogP contribution in [0.5, 0.6) is 5.75 Å². The maximum atomic E-state index is 11.5. The van der Waals surface area contributed by atoms with Gasteiger partial charge in [0.25, 0.3) is 5.91 Å². The van der Waals surface area contributed by atoms with Crippen LogP contribution in [0, 0.1) is 20.8 Å². The van der Waals surface area contributed by atoms with Gasteiger partial charge in [0.05, 0.1) is 17.0 Å². The van der Waals surface area contributed by atoms with Crippen LogP contribution in [-0.2, 0) is 6.61 Å². The summed E-state index contributed by atoms with van der Waals surface area (Å²) in [6, 6.07) is 5.87. The number of anilines is 1. The predicted molar refractivity (Wildman–Crippen MR) is 79.9 cm³/mol. The fourth-order valence-electron chi connectivity index (χ4n) is 2.25. The molecule has 4 N–H and O–H groups in total. The van der Waals surface area contributed by atoms with E-state index in [4.69, 9.17) is 16.2 Å². The molecule has 0 aliphatic heterocycles. The van der Waals surface area contributed by atoms with Gasteiger partial charge in [0.2, 0.25) is 5.95 Å². The zero-order chi connectivity index (χ0) is 15.6. The summed E-state index contributed by atoms with van der Waals surface area (Å²) in [5.74, 6) is 0.271. The Hall–Kier alpha value is -2.63. The molecule has 2 rings (SSSR count). The number of benzene rings is 1. The van der Waals surface area contributed by atoms with Crippen molar-refractivity contribution in [1.29, 1.82) is 0 Å². The van der Waals surface area contributed by atoms with E-state index in [2.05, 4.69) is 9.97 Å². The van der Waals surface area contributed by atoms with Crippen LogP contribution in [0.2, 0.25) is 0 Å². The van der Waals surface area contributed by atoms with Crippen molar-refractivity contribution >= 4 is 11.9 Å². The Bertz CT molecular complexity index is 678. The Kier molecular flexibility index (Phi) is 4.07. The second-order valence-electron chi connectivity index (χ2n) is 4.86. The summed E-state index contributed by atoms with van der Waals surface area (Å²) >= 11 is 0. The maximum absolute atomic E-state index is 11.5. The number of ether oxygens (including phenoxy) is 1. The van der Waals surface area contributed by atoms with Gasteiger partial charge in [-0.1, -0.05) is 18.2 Å². The van der Waals surface area contributed by atoms with Gasteiger partial charge in [0.1, 0.15) is 12.4 Å². The Morgan fingerprint density at radius 2 is 1.81 bits per heavy atom. The summed E-state index contributed by atoms with van der Waals surface area (Å²) in [5, 5.41) is 0. The summed E-state index contributed by atoms with van der Waals surface area (Å²) in [6.07, 6.45) is 0. The van der Waals surface area contributed by atoms with E-state index in [1.165, 1.54) is 0 Å². The molecule has 0 saturated heterocycles. The predicted octanol–water partition coefficient (Wildman–Crippen LogP) is 1.66. The van der Waals surface area contributed by atoms with Crippen molar-refractivity contribution in [2.45, 2.75) is 27.4 Å². The second-order valence-corrected chi connectivity index (χ2v) is 4.86. The van der Waals surface area contributed by atoms with Crippen LogP contribution in [0.3, 0.4) is 0 Å². The number of amides is 1. The van der Waals surface area contributed by atoms with E-state index in [-0.39, 0.29) is 18.1 Å². The molecule has 6 nitrogen and oxygen atoms in total. The quantitative estimate of drug-likeness (QED) is 0.889. The van der Waals surface area contributed by atoms with Gasteiger partial charge in [-0.25, -0.2) is 9.97 Å². The average Bonchev–Trinajstić information content (AvgIpc) is 2.36. The molecule has 1 heterocycles. The van der Waals surface area contributed by atoms with Crippen molar-refractivity contribution in [3.63, 3.8) is 0 Å². The van der Waals surface area contributed by atoms with Gasteiger partial charge in [0, 0.05) is 0 Å². The Morgan fingerprint density at radius 1 is 1.19 bits per heavy atom. The summed E-state index contributed by atoms with van der Waals surface area (Å²) in [5.41, 5.74) is 14.1.